The number of nitrogens with two attached hydrogens (primary N) is 1. The van der Waals surface area contributed by atoms with Gasteiger partial charge in [-0.15, -0.1) is 0 Å². The van der Waals surface area contributed by atoms with Gasteiger partial charge in [0.25, 0.3) is 0 Å². The number of aliphatic hydroxyl groups is 1. The Morgan fingerprint density at radius 2 is 2.10 bits per heavy atom. The molecule has 1 saturated carbocycles. The normalized spacial score (nSPS) is 29.1. The van der Waals surface area contributed by atoms with Gasteiger partial charge in [0.05, 0.1) is 17.3 Å². The van der Waals surface area contributed by atoms with Crippen molar-refractivity contribution in [3.8, 4) is 0 Å². The quantitative estimate of drug-likeness (QED) is 0.778. The zero-order valence-electron chi connectivity index (χ0n) is 11.4. The van der Waals surface area contributed by atoms with Crippen molar-refractivity contribution in [2.24, 2.45) is 11.8 Å². The Kier molecular flexibility index (Phi) is 2.60. The molecule has 1 aliphatic carbocycles. The molecule has 3 N–H and O–H groups in total. The van der Waals surface area contributed by atoms with E-state index in [0.717, 1.165) is 48.2 Å². The van der Waals surface area contributed by atoms with Crippen molar-refractivity contribution in [2.75, 3.05) is 23.7 Å². The van der Waals surface area contributed by atoms with Crippen LogP contribution in [0.25, 0.3) is 10.9 Å². The summed E-state index contributed by atoms with van der Waals surface area (Å²) in [5, 5.41) is 11.1. The first-order valence-electron chi connectivity index (χ1n) is 7.30. The van der Waals surface area contributed by atoms with Crippen LogP contribution in [-0.4, -0.2) is 29.3 Å². The first kappa shape index (κ1) is 12.0. The summed E-state index contributed by atoms with van der Waals surface area (Å²) in [5.74, 6) is 1.05. The molecule has 4 heteroatoms. The van der Waals surface area contributed by atoms with E-state index in [4.69, 9.17) is 5.73 Å². The van der Waals surface area contributed by atoms with Crippen LogP contribution in [0.1, 0.15) is 12.8 Å². The topological polar surface area (TPSA) is 62.4 Å². The van der Waals surface area contributed by atoms with Gasteiger partial charge in [-0.2, -0.15) is 0 Å². The van der Waals surface area contributed by atoms with E-state index in [1.807, 2.05) is 24.4 Å². The molecule has 2 heterocycles. The highest BCUT2D eigenvalue weighted by molar-refractivity contribution is 5.98. The van der Waals surface area contributed by atoms with Gasteiger partial charge in [-0.05, 0) is 43.0 Å². The Hall–Kier alpha value is -1.81. The molecule has 0 radical (unpaired) electrons. The Balaban J connectivity index is 1.75. The minimum absolute atomic E-state index is 0.127. The summed E-state index contributed by atoms with van der Waals surface area (Å²) >= 11 is 0. The van der Waals surface area contributed by atoms with Crippen LogP contribution in [0.2, 0.25) is 0 Å². The lowest BCUT2D eigenvalue weighted by atomic mass is 10.00. The number of aliphatic hydroxyl groups excluding tert-OH is 1. The molecule has 1 aliphatic heterocycles. The Bertz CT molecular complexity index is 657. The number of aromatic nitrogens is 1. The van der Waals surface area contributed by atoms with Gasteiger partial charge in [-0.1, -0.05) is 0 Å². The largest absolute Gasteiger partial charge is 0.398 e. The van der Waals surface area contributed by atoms with Crippen LogP contribution in [0.4, 0.5) is 11.4 Å². The van der Waals surface area contributed by atoms with Crippen molar-refractivity contribution in [1.29, 1.82) is 0 Å². The Morgan fingerprint density at radius 3 is 2.95 bits per heavy atom. The molecule has 1 aromatic heterocycles. The fourth-order valence-corrected chi connectivity index (χ4v) is 3.87. The molecule has 1 aromatic carbocycles. The summed E-state index contributed by atoms with van der Waals surface area (Å²) < 4.78 is 0. The third kappa shape index (κ3) is 1.68. The van der Waals surface area contributed by atoms with Crippen molar-refractivity contribution >= 4 is 22.3 Å². The second-order valence-corrected chi connectivity index (χ2v) is 6.05. The van der Waals surface area contributed by atoms with Crippen LogP contribution < -0.4 is 10.6 Å². The van der Waals surface area contributed by atoms with Crippen LogP contribution >= 0.6 is 0 Å². The van der Waals surface area contributed by atoms with Gasteiger partial charge in [0.1, 0.15) is 0 Å². The molecule has 4 nitrogen and oxygen atoms in total. The maximum Gasteiger partial charge on any atom is 0.0955 e. The fraction of sp³-hybridized carbons (Fsp3) is 0.438. The molecular weight excluding hydrogens is 250 g/mol. The summed E-state index contributed by atoms with van der Waals surface area (Å²) in [4.78, 5) is 6.88. The van der Waals surface area contributed by atoms with Gasteiger partial charge in [0.2, 0.25) is 0 Å². The molecule has 0 bridgehead atoms. The molecule has 3 atom stereocenters. The smallest absolute Gasteiger partial charge is 0.0955 e. The van der Waals surface area contributed by atoms with E-state index >= 15 is 0 Å². The van der Waals surface area contributed by atoms with E-state index < -0.39 is 0 Å². The summed E-state index contributed by atoms with van der Waals surface area (Å²) in [7, 11) is 0. The summed E-state index contributed by atoms with van der Waals surface area (Å²) in [6.45, 7) is 1.96. The molecule has 2 fully saturated rings. The number of benzene rings is 1. The second-order valence-electron chi connectivity index (χ2n) is 6.05. The van der Waals surface area contributed by atoms with Crippen molar-refractivity contribution in [2.45, 2.75) is 18.9 Å². The fourth-order valence-electron chi connectivity index (χ4n) is 3.87. The number of nitrogen functional groups attached to an aromatic ring is 1. The molecule has 0 spiro atoms. The number of pyridine rings is 1. The van der Waals surface area contributed by atoms with Gasteiger partial charge >= 0.3 is 0 Å². The van der Waals surface area contributed by atoms with Crippen molar-refractivity contribution in [1.82, 2.24) is 4.98 Å². The third-order valence-electron chi connectivity index (χ3n) is 4.94. The number of fused-ring (bicyclic) bond motifs is 2. The molecular formula is C16H19N3O. The van der Waals surface area contributed by atoms with Gasteiger partial charge in [0.15, 0.2) is 0 Å². The van der Waals surface area contributed by atoms with Crippen LogP contribution in [0.15, 0.2) is 30.5 Å². The van der Waals surface area contributed by atoms with Crippen molar-refractivity contribution in [3.05, 3.63) is 30.5 Å². The highest BCUT2D eigenvalue weighted by Gasteiger charge is 2.42. The Labute approximate surface area is 118 Å². The molecule has 0 amide bonds. The average Bonchev–Trinajstić information content (AvgIpc) is 3.02. The summed E-state index contributed by atoms with van der Waals surface area (Å²) in [5.41, 5.74) is 8.94. The van der Waals surface area contributed by atoms with E-state index in [1.54, 1.807) is 0 Å². The second kappa shape index (κ2) is 4.35. The van der Waals surface area contributed by atoms with E-state index in [9.17, 15) is 5.11 Å². The highest BCUT2D eigenvalue weighted by Crippen LogP contribution is 2.41. The number of nitrogens with zero attached hydrogens (tertiary/aromatic N) is 2. The minimum atomic E-state index is -0.127. The minimum Gasteiger partial charge on any atom is -0.398 e. The van der Waals surface area contributed by atoms with Crippen molar-refractivity contribution in [3.63, 3.8) is 0 Å². The molecule has 104 valence electrons. The molecule has 20 heavy (non-hydrogen) atoms. The Morgan fingerprint density at radius 1 is 1.20 bits per heavy atom. The van der Waals surface area contributed by atoms with Crippen LogP contribution in [-0.2, 0) is 0 Å². The van der Waals surface area contributed by atoms with Gasteiger partial charge < -0.3 is 15.7 Å². The van der Waals surface area contributed by atoms with Crippen LogP contribution in [0.5, 0.6) is 0 Å². The lowest BCUT2D eigenvalue weighted by Gasteiger charge is -2.22. The maximum absolute atomic E-state index is 10.1. The average molecular weight is 269 g/mol. The standard InChI is InChI=1S/C16H19N3O/c17-13-4-5-14(16-11(13)2-1-7-18-16)19-8-10-3-6-15(20)12(10)9-19/h1-2,4-5,7,10,12,15,20H,3,6,8-9,17H2. The molecule has 3 unspecified atom stereocenters. The zero-order chi connectivity index (χ0) is 13.7. The lowest BCUT2D eigenvalue weighted by Crippen LogP contribution is -2.24. The molecule has 4 rings (SSSR count). The number of hydrogen-bond acceptors (Lipinski definition) is 4. The zero-order valence-corrected chi connectivity index (χ0v) is 11.4. The number of anilines is 2. The SMILES string of the molecule is Nc1ccc(N2CC3CCC(O)C3C2)c2ncccc12. The molecule has 2 aliphatic rings. The first-order chi connectivity index (χ1) is 9.74. The van der Waals surface area contributed by atoms with Gasteiger partial charge in [-0.3, -0.25) is 4.98 Å². The molecule has 2 aromatic rings. The highest BCUT2D eigenvalue weighted by atomic mass is 16.3. The summed E-state index contributed by atoms with van der Waals surface area (Å²) in [6.07, 6.45) is 3.79. The monoisotopic (exact) mass is 269 g/mol. The van der Waals surface area contributed by atoms with Crippen LogP contribution in [0.3, 0.4) is 0 Å². The predicted octanol–water partition coefficient (Wildman–Crippen LogP) is 2.02. The number of rotatable bonds is 1. The first-order valence-corrected chi connectivity index (χ1v) is 7.30. The van der Waals surface area contributed by atoms with E-state index in [2.05, 4.69) is 16.0 Å². The van der Waals surface area contributed by atoms with E-state index in [0.29, 0.717) is 11.8 Å². The van der Waals surface area contributed by atoms with E-state index in [1.165, 1.54) is 0 Å². The van der Waals surface area contributed by atoms with Crippen LogP contribution in [0, 0.1) is 11.8 Å². The summed E-state index contributed by atoms with van der Waals surface area (Å²) in [6, 6.07) is 7.97. The van der Waals surface area contributed by atoms with Gasteiger partial charge in [-0.25, -0.2) is 0 Å². The molecule has 1 saturated heterocycles. The van der Waals surface area contributed by atoms with Gasteiger partial charge in [0, 0.05) is 36.3 Å². The number of hydrogen-bond donors (Lipinski definition) is 2. The predicted molar refractivity (Wildman–Crippen MR) is 80.6 cm³/mol. The third-order valence-corrected chi connectivity index (χ3v) is 4.94. The van der Waals surface area contributed by atoms with E-state index in [-0.39, 0.29) is 6.10 Å². The van der Waals surface area contributed by atoms with Crippen molar-refractivity contribution < 1.29 is 5.11 Å². The maximum atomic E-state index is 10.1. The lowest BCUT2D eigenvalue weighted by molar-refractivity contribution is 0.133.